The van der Waals surface area contributed by atoms with Crippen molar-refractivity contribution in [3.05, 3.63) is 58.9 Å². The molecule has 6 heteroatoms. The van der Waals surface area contributed by atoms with Crippen molar-refractivity contribution < 1.29 is 13.2 Å². The predicted octanol–water partition coefficient (Wildman–Crippen LogP) is 3.88. The molecule has 0 amide bonds. The van der Waals surface area contributed by atoms with Gasteiger partial charge in [0.05, 0.1) is 5.88 Å². The number of benzene rings is 1. The molecule has 0 N–H and O–H groups in total. The standard InChI is InChI=1S/C13H10ClF3N2/c14-6-9-7-18-11(19-12(9)13(16)17)5-8-3-1-2-4-10(8)15/h1-4,7,13H,5-6H2. The summed E-state index contributed by atoms with van der Waals surface area (Å²) >= 11 is 5.54. The smallest absolute Gasteiger partial charge is 0.241 e. The highest BCUT2D eigenvalue weighted by atomic mass is 35.5. The zero-order valence-corrected chi connectivity index (χ0v) is 10.5. The molecule has 0 bridgehead atoms. The van der Waals surface area contributed by atoms with Gasteiger partial charge in [-0.2, -0.15) is 0 Å². The van der Waals surface area contributed by atoms with Gasteiger partial charge in [0, 0.05) is 18.2 Å². The summed E-state index contributed by atoms with van der Waals surface area (Å²) in [5.74, 6) is -0.347. The second-order valence-corrected chi connectivity index (χ2v) is 4.17. The van der Waals surface area contributed by atoms with Crippen molar-refractivity contribution in [3.8, 4) is 0 Å². The monoisotopic (exact) mass is 286 g/mol. The van der Waals surface area contributed by atoms with Crippen molar-refractivity contribution in [2.45, 2.75) is 18.7 Å². The van der Waals surface area contributed by atoms with E-state index in [0.717, 1.165) is 0 Å². The fraction of sp³-hybridized carbons (Fsp3) is 0.231. The first kappa shape index (κ1) is 13.8. The molecule has 0 radical (unpaired) electrons. The summed E-state index contributed by atoms with van der Waals surface area (Å²) in [7, 11) is 0. The Bertz CT molecular complexity index is 576. The fourth-order valence-corrected chi connectivity index (χ4v) is 1.85. The number of aromatic nitrogens is 2. The number of rotatable bonds is 4. The van der Waals surface area contributed by atoms with E-state index in [4.69, 9.17) is 11.6 Å². The van der Waals surface area contributed by atoms with Gasteiger partial charge in [0.2, 0.25) is 0 Å². The molecular formula is C13H10ClF3N2. The van der Waals surface area contributed by atoms with E-state index in [9.17, 15) is 13.2 Å². The normalized spacial score (nSPS) is 11.0. The van der Waals surface area contributed by atoms with E-state index in [1.54, 1.807) is 18.2 Å². The van der Waals surface area contributed by atoms with Gasteiger partial charge in [0.1, 0.15) is 17.3 Å². The maximum atomic E-state index is 13.5. The molecule has 1 aromatic carbocycles. The van der Waals surface area contributed by atoms with Crippen LogP contribution in [0.1, 0.15) is 29.1 Å². The highest BCUT2D eigenvalue weighted by Crippen LogP contribution is 2.22. The van der Waals surface area contributed by atoms with Gasteiger partial charge in [-0.15, -0.1) is 11.6 Å². The van der Waals surface area contributed by atoms with E-state index in [1.807, 2.05) is 0 Å². The van der Waals surface area contributed by atoms with Gasteiger partial charge < -0.3 is 0 Å². The third kappa shape index (κ3) is 3.23. The van der Waals surface area contributed by atoms with E-state index < -0.39 is 17.9 Å². The molecule has 0 aliphatic carbocycles. The molecule has 2 nitrogen and oxygen atoms in total. The van der Waals surface area contributed by atoms with Crippen LogP contribution in [0, 0.1) is 5.82 Å². The molecular weight excluding hydrogens is 277 g/mol. The summed E-state index contributed by atoms with van der Waals surface area (Å²) in [5.41, 5.74) is 0.159. The molecule has 0 aliphatic heterocycles. The average Bonchev–Trinajstić information content (AvgIpc) is 2.41. The molecule has 0 atom stereocenters. The Morgan fingerprint density at radius 3 is 2.53 bits per heavy atom. The van der Waals surface area contributed by atoms with E-state index in [0.29, 0.717) is 5.56 Å². The van der Waals surface area contributed by atoms with Crippen molar-refractivity contribution in [2.24, 2.45) is 0 Å². The average molecular weight is 287 g/mol. The summed E-state index contributed by atoms with van der Waals surface area (Å²) in [6.45, 7) is 0. The number of nitrogens with zero attached hydrogens (tertiary/aromatic N) is 2. The minimum absolute atomic E-state index is 0.0644. The zero-order chi connectivity index (χ0) is 13.8. The SMILES string of the molecule is Fc1ccccc1Cc1ncc(CCl)c(C(F)F)n1. The van der Waals surface area contributed by atoms with Crippen LogP contribution in [0.3, 0.4) is 0 Å². The summed E-state index contributed by atoms with van der Waals surface area (Å²) in [6, 6.07) is 6.09. The maximum absolute atomic E-state index is 13.5. The van der Waals surface area contributed by atoms with Crippen LogP contribution in [0.4, 0.5) is 13.2 Å². The van der Waals surface area contributed by atoms with Crippen LogP contribution >= 0.6 is 11.6 Å². The molecule has 0 spiro atoms. The molecule has 0 unspecified atom stereocenters. The number of halogens is 4. The lowest BCUT2D eigenvalue weighted by Gasteiger charge is -2.08. The first-order valence-electron chi connectivity index (χ1n) is 5.54. The number of alkyl halides is 3. The van der Waals surface area contributed by atoms with Gasteiger partial charge in [-0.3, -0.25) is 0 Å². The van der Waals surface area contributed by atoms with Crippen LogP contribution in [0.5, 0.6) is 0 Å². The third-order valence-electron chi connectivity index (χ3n) is 2.60. The Kier molecular flexibility index (Phi) is 4.37. The Morgan fingerprint density at radius 1 is 1.16 bits per heavy atom. The van der Waals surface area contributed by atoms with Crippen LogP contribution in [-0.4, -0.2) is 9.97 Å². The summed E-state index contributed by atoms with van der Waals surface area (Å²) in [6.07, 6.45) is -1.40. The highest BCUT2D eigenvalue weighted by Gasteiger charge is 2.16. The van der Waals surface area contributed by atoms with Crippen molar-refractivity contribution in [3.63, 3.8) is 0 Å². The zero-order valence-electron chi connectivity index (χ0n) is 9.78. The van der Waals surface area contributed by atoms with E-state index >= 15 is 0 Å². The molecule has 19 heavy (non-hydrogen) atoms. The fourth-order valence-electron chi connectivity index (χ4n) is 1.65. The molecule has 2 rings (SSSR count). The minimum atomic E-state index is -2.73. The third-order valence-corrected chi connectivity index (χ3v) is 2.89. The Balaban J connectivity index is 2.31. The van der Waals surface area contributed by atoms with Crippen molar-refractivity contribution in [1.29, 1.82) is 0 Å². The van der Waals surface area contributed by atoms with Crippen LogP contribution in [0.25, 0.3) is 0 Å². The lowest BCUT2D eigenvalue weighted by molar-refractivity contribution is 0.144. The summed E-state index contributed by atoms with van der Waals surface area (Å²) in [5, 5.41) is 0. The van der Waals surface area contributed by atoms with Gasteiger partial charge in [0.15, 0.2) is 0 Å². The molecule has 2 aromatic rings. The van der Waals surface area contributed by atoms with Gasteiger partial charge in [-0.25, -0.2) is 23.1 Å². The number of hydrogen-bond donors (Lipinski definition) is 0. The van der Waals surface area contributed by atoms with Crippen LogP contribution in [0.2, 0.25) is 0 Å². The van der Waals surface area contributed by atoms with E-state index in [2.05, 4.69) is 9.97 Å². The largest absolute Gasteiger partial charge is 0.280 e. The van der Waals surface area contributed by atoms with Crippen molar-refractivity contribution in [2.75, 3.05) is 0 Å². The molecule has 0 aliphatic rings. The Morgan fingerprint density at radius 2 is 1.89 bits per heavy atom. The Hall–Kier alpha value is -1.62. The summed E-state index contributed by atoms with van der Waals surface area (Å²) in [4.78, 5) is 7.70. The van der Waals surface area contributed by atoms with Crippen LogP contribution in [0.15, 0.2) is 30.5 Å². The second-order valence-electron chi connectivity index (χ2n) is 3.90. The molecule has 1 aromatic heterocycles. The second kappa shape index (κ2) is 6.02. The molecule has 0 fully saturated rings. The van der Waals surface area contributed by atoms with E-state index in [1.165, 1.54) is 12.3 Å². The van der Waals surface area contributed by atoms with Crippen LogP contribution < -0.4 is 0 Å². The molecule has 0 saturated heterocycles. The highest BCUT2D eigenvalue weighted by molar-refractivity contribution is 6.17. The lowest BCUT2D eigenvalue weighted by atomic mass is 10.1. The summed E-state index contributed by atoms with van der Waals surface area (Å²) < 4.78 is 39.0. The molecule has 0 saturated carbocycles. The van der Waals surface area contributed by atoms with Crippen molar-refractivity contribution in [1.82, 2.24) is 9.97 Å². The van der Waals surface area contributed by atoms with Crippen LogP contribution in [-0.2, 0) is 12.3 Å². The first-order valence-corrected chi connectivity index (χ1v) is 6.07. The molecule has 1 heterocycles. The van der Waals surface area contributed by atoms with Crippen molar-refractivity contribution >= 4 is 11.6 Å². The van der Waals surface area contributed by atoms with Gasteiger partial charge in [0.25, 0.3) is 6.43 Å². The first-order chi connectivity index (χ1) is 9.11. The predicted molar refractivity (Wildman–Crippen MR) is 65.8 cm³/mol. The van der Waals surface area contributed by atoms with Gasteiger partial charge in [-0.1, -0.05) is 18.2 Å². The number of hydrogen-bond acceptors (Lipinski definition) is 2. The quantitative estimate of drug-likeness (QED) is 0.797. The Labute approximate surface area is 113 Å². The lowest BCUT2D eigenvalue weighted by Crippen LogP contribution is -2.05. The van der Waals surface area contributed by atoms with Gasteiger partial charge >= 0.3 is 0 Å². The molecule has 100 valence electrons. The van der Waals surface area contributed by atoms with E-state index in [-0.39, 0.29) is 23.7 Å². The van der Waals surface area contributed by atoms with Gasteiger partial charge in [-0.05, 0) is 11.6 Å². The minimum Gasteiger partial charge on any atom is -0.241 e. The maximum Gasteiger partial charge on any atom is 0.280 e. The topological polar surface area (TPSA) is 25.8 Å².